The van der Waals surface area contributed by atoms with Gasteiger partial charge in [0, 0.05) is 16.2 Å². The molecule has 31 heavy (non-hydrogen) atoms. The van der Waals surface area contributed by atoms with Crippen LogP contribution in [-0.4, -0.2) is 4.57 Å². The highest BCUT2D eigenvalue weighted by Crippen LogP contribution is 2.57. The van der Waals surface area contributed by atoms with Crippen molar-refractivity contribution in [3.05, 3.63) is 106 Å². The van der Waals surface area contributed by atoms with E-state index in [1.165, 1.54) is 16.8 Å². The van der Waals surface area contributed by atoms with E-state index in [9.17, 15) is 4.79 Å². The third-order valence-electron chi connectivity index (χ3n) is 7.10. The molecule has 0 radical (unpaired) electrons. The summed E-state index contributed by atoms with van der Waals surface area (Å²) in [5.41, 5.74) is 7.71. The minimum atomic E-state index is -0.171. The van der Waals surface area contributed by atoms with Gasteiger partial charge >= 0.3 is 0 Å². The molecule has 3 heterocycles. The fraction of sp³-hybridized carbons (Fsp3) is 0.107. The van der Waals surface area contributed by atoms with E-state index in [1.807, 2.05) is 28.8 Å². The second-order valence-electron chi connectivity index (χ2n) is 9.01. The minimum absolute atomic E-state index is 0.0419. The number of para-hydroxylation sites is 3. The molecule has 2 aliphatic rings. The van der Waals surface area contributed by atoms with Crippen molar-refractivity contribution in [1.82, 2.24) is 4.57 Å². The second kappa shape index (κ2) is 5.44. The zero-order valence-electron chi connectivity index (χ0n) is 17.4. The number of fused-ring (bicyclic) bond motifs is 7. The number of nitrogens with zero attached hydrogens (tertiary/aromatic N) is 2. The summed E-state index contributed by atoms with van der Waals surface area (Å²) >= 11 is 0. The molecule has 0 aliphatic carbocycles. The van der Waals surface area contributed by atoms with Gasteiger partial charge in [0.15, 0.2) is 0 Å². The molecule has 3 heteroatoms. The van der Waals surface area contributed by atoms with Gasteiger partial charge in [-0.15, -0.1) is 0 Å². The molecule has 0 amide bonds. The van der Waals surface area contributed by atoms with Crippen LogP contribution in [0, 0.1) is 0 Å². The first kappa shape index (κ1) is 16.9. The lowest BCUT2D eigenvalue weighted by Gasteiger charge is -2.45. The van der Waals surface area contributed by atoms with E-state index in [0.29, 0.717) is 0 Å². The molecule has 7 rings (SSSR count). The van der Waals surface area contributed by atoms with Gasteiger partial charge in [0.05, 0.1) is 28.3 Å². The second-order valence-corrected chi connectivity index (χ2v) is 9.01. The predicted molar refractivity (Wildman–Crippen MR) is 127 cm³/mol. The topological polar surface area (TPSA) is 25.2 Å². The molecule has 0 saturated heterocycles. The van der Waals surface area contributed by atoms with Crippen molar-refractivity contribution >= 4 is 38.7 Å². The number of pyridine rings is 1. The summed E-state index contributed by atoms with van der Waals surface area (Å²) in [5.74, 6) is 0. The first-order valence-corrected chi connectivity index (χ1v) is 10.7. The molecule has 0 atom stereocenters. The van der Waals surface area contributed by atoms with Crippen LogP contribution in [0.1, 0.15) is 25.0 Å². The predicted octanol–water partition coefficient (Wildman–Crippen LogP) is 6.57. The molecule has 0 N–H and O–H groups in total. The van der Waals surface area contributed by atoms with Crippen molar-refractivity contribution < 1.29 is 0 Å². The van der Waals surface area contributed by atoms with Crippen LogP contribution in [-0.2, 0) is 5.41 Å². The standard InChI is InChI=1S/C28H20N2O/c1-28(2)20-11-5-6-12-22(20)29-23-13-7-8-14-24(23)30-25-18(15-16-21(28)26(25)29)17-9-3-4-10-19(17)27(30)31/h3-16H,1-2H3. The monoisotopic (exact) mass is 400 g/mol. The zero-order chi connectivity index (χ0) is 20.9. The van der Waals surface area contributed by atoms with Gasteiger partial charge in [0.1, 0.15) is 0 Å². The van der Waals surface area contributed by atoms with Crippen LogP contribution in [0.2, 0.25) is 0 Å². The van der Waals surface area contributed by atoms with E-state index in [4.69, 9.17) is 0 Å². The van der Waals surface area contributed by atoms with Gasteiger partial charge in [-0.1, -0.05) is 74.5 Å². The summed E-state index contributed by atoms with van der Waals surface area (Å²) in [7, 11) is 0. The Kier molecular flexibility index (Phi) is 2.96. The summed E-state index contributed by atoms with van der Waals surface area (Å²) in [6.07, 6.45) is 0. The van der Waals surface area contributed by atoms with Gasteiger partial charge < -0.3 is 4.90 Å². The lowest BCUT2D eigenvalue weighted by molar-refractivity contribution is 0.631. The van der Waals surface area contributed by atoms with E-state index in [-0.39, 0.29) is 11.0 Å². The Morgan fingerprint density at radius 1 is 0.613 bits per heavy atom. The van der Waals surface area contributed by atoms with E-state index in [0.717, 1.165) is 38.7 Å². The summed E-state index contributed by atoms with van der Waals surface area (Å²) < 4.78 is 1.94. The molecule has 2 aliphatic heterocycles. The van der Waals surface area contributed by atoms with Crippen molar-refractivity contribution in [2.24, 2.45) is 0 Å². The van der Waals surface area contributed by atoms with Gasteiger partial charge in [-0.2, -0.15) is 0 Å². The van der Waals surface area contributed by atoms with Crippen LogP contribution in [0.4, 0.5) is 17.1 Å². The average molecular weight is 400 g/mol. The summed E-state index contributed by atoms with van der Waals surface area (Å²) in [4.78, 5) is 16.2. The number of aromatic nitrogens is 1. The average Bonchev–Trinajstić information content (AvgIpc) is 2.80. The molecule has 3 nitrogen and oxygen atoms in total. The van der Waals surface area contributed by atoms with Crippen LogP contribution in [0.5, 0.6) is 0 Å². The molecule has 4 aromatic carbocycles. The van der Waals surface area contributed by atoms with Crippen LogP contribution < -0.4 is 10.5 Å². The highest BCUT2D eigenvalue weighted by Gasteiger charge is 2.41. The third kappa shape index (κ3) is 1.88. The largest absolute Gasteiger partial charge is 0.306 e. The van der Waals surface area contributed by atoms with Gasteiger partial charge in [0.25, 0.3) is 5.56 Å². The number of rotatable bonds is 0. The van der Waals surface area contributed by atoms with Crippen molar-refractivity contribution in [3.8, 4) is 5.69 Å². The Morgan fingerprint density at radius 2 is 1.26 bits per heavy atom. The van der Waals surface area contributed by atoms with Crippen LogP contribution >= 0.6 is 0 Å². The lowest BCUT2D eigenvalue weighted by atomic mass is 9.72. The van der Waals surface area contributed by atoms with Gasteiger partial charge in [0.2, 0.25) is 0 Å². The fourth-order valence-corrected chi connectivity index (χ4v) is 5.67. The molecule has 1 aromatic heterocycles. The fourth-order valence-electron chi connectivity index (χ4n) is 5.67. The zero-order valence-corrected chi connectivity index (χ0v) is 17.4. The van der Waals surface area contributed by atoms with Gasteiger partial charge in [-0.3, -0.25) is 9.36 Å². The summed E-state index contributed by atoms with van der Waals surface area (Å²) in [5, 5.41) is 2.88. The Balaban J connectivity index is 1.81. The maximum atomic E-state index is 13.8. The van der Waals surface area contributed by atoms with Crippen molar-refractivity contribution in [2.75, 3.05) is 4.90 Å². The molecule has 0 saturated carbocycles. The third-order valence-corrected chi connectivity index (χ3v) is 7.10. The minimum Gasteiger partial charge on any atom is -0.306 e. The summed E-state index contributed by atoms with van der Waals surface area (Å²) in [6.45, 7) is 4.57. The Hall–Kier alpha value is -3.85. The van der Waals surface area contributed by atoms with Gasteiger partial charge in [-0.25, -0.2) is 0 Å². The molecule has 0 fully saturated rings. The van der Waals surface area contributed by atoms with E-state index < -0.39 is 0 Å². The smallest absolute Gasteiger partial charge is 0.263 e. The van der Waals surface area contributed by atoms with Crippen molar-refractivity contribution in [3.63, 3.8) is 0 Å². The molecule has 148 valence electrons. The van der Waals surface area contributed by atoms with E-state index in [2.05, 4.69) is 79.4 Å². The SMILES string of the molecule is CC1(C)c2ccccc2N2c3ccccc3-n3c(=O)c4ccccc4c4ccc1c2c43. The van der Waals surface area contributed by atoms with E-state index in [1.54, 1.807) is 0 Å². The Morgan fingerprint density at radius 3 is 2.06 bits per heavy atom. The van der Waals surface area contributed by atoms with Gasteiger partial charge in [-0.05, 0) is 40.8 Å². The summed E-state index contributed by atoms with van der Waals surface area (Å²) in [6, 6.07) is 29.3. The maximum absolute atomic E-state index is 13.8. The van der Waals surface area contributed by atoms with Crippen molar-refractivity contribution in [2.45, 2.75) is 19.3 Å². The normalized spacial score (nSPS) is 15.1. The van der Waals surface area contributed by atoms with Crippen LogP contribution in [0.15, 0.2) is 89.7 Å². The number of hydrogen-bond acceptors (Lipinski definition) is 2. The lowest BCUT2D eigenvalue weighted by Crippen LogP contribution is -2.35. The number of hydrogen-bond donors (Lipinski definition) is 0. The highest BCUT2D eigenvalue weighted by molar-refractivity contribution is 6.15. The number of anilines is 3. The molecule has 5 aromatic rings. The molecule has 0 bridgehead atoms. The van der Waals surface area contributed by atoms with Crippen molar-refractivity contribution in [1.29, 1.82) is 0 Å². The van der Waals surface area contributed by atoms with E-state index >= 15 is 0 Å². The Bertz CT molecular complexity index is 1640. The first-order chi connectivity index (χ1) is 15.1. The maximum Gasteiger partial charge on any atom is 0.263 e. The quantitative estimate of drug-likeness (QED) is 0.270. The first-order valence-electron chi connectivity index (χ1n) is 10.7. The number of benzene rings is 4. The van der Waals surface area contributed by atoms with Crippen LogP contribution in [0.3, 0.4) is 0 Å². The molecular formula is C28H20N2O. The van der Waals surface area contributed by atoms with Crippen LogP contribution in [0.25, 0.3) is 27.4 Å². The molecule has 0 spiro atoms. The highest BCUT2D eigenvalue weighted by atomic mass is 16.1. The molecular weight excluding hydrogens is 380 g/mol. The Labute approximate surface area is 179 Å². The molecule has 0 unspecified atom stereocenters.